The summed E-state index contributed by atoms with van der Waals surface area (Å²) >= 11 is 0. The SMILES string of the molecule is COc1ccc(CNC(CN(C)C)C(C)C)c(O)c1. The number of phenols is 1. The lowest BCUT2D eigenvalue weighted by Crippen LogP contribution is -2.41. The Morgan fingerprint density at radius 2 is 2.00 bits per heavy atom. The third-order valence-electron chi connectivity index (χ3n) is 3.21. The molecule has 0 aliphatic rings. The Balaban J connectivity index is 2.63. The van der Waals surface area contributed by atoms with Crippen molar-refractivity contribution in [2.45, 2.75) is 26.4 Å². The van der Waals surface area contributed by atoms with Gasteiger partial charge in [0.15, 0.2) is 0 Å². The molecule has 1 atom stereocenters. The molecule has 0 heterocycles. The minimum atomic E-state index is 0.277. The van der Waals surface area contributed by atoms with Gasteiger partial charge in [-0.2, -0.15) is 0 Å². The van der Waals surface area contributed by atoms with E-state index in [1.165, 1.54) is 0 Å². The van der Waals surface area contributed by atoms with Crippen LogP contribution in [0.25, 0.3) is 0 Å². The predicted molar refractivity (Wildman–Crippen MR) is 78.7 cm³/mol. The number of likely N-dealkylation sites (N-methyl/N-ethyl adjacent to an activating group) is 1. The van der Waals surface area contributed by atoms with Crippen molar-refractivity contribution in [1.29, 1.82) is 0 Å². The topological polar surface area (TPSA) is 44.7 Å². The predicted octanol–water partition coefficient (Wildman–Crippen LogP) is 2.08. The molecule has 4 nitrogen and oxygen atoms in total. The van der Waals surface area contributed by atoms with Crippen LogP contribution < -0.4 is 10.1 Å². The third kappa shape index (κ3) is 5.09. The summed E-state index contributed by atoms with van der Waals surface area (Å²) in [5.74, 6) is 1.50. The first-order valence-electron chi connectivity index (χ1n) is 6.68. The first-order valence-corrected chi connectivity index (χ1v) is 6.68. The van der Waals surface area contributed by atoms with Crippen molar-refractivity contribution in [2.24, 2.45) is 5.92 Å². The second kappa shape index (κ2) is 7.36. The highest BCUT2D eigenvalue weighted by molar-refractivity contribution is 5.39. The highest BCUT2D eigenvalue weighted by Crippen LogP contribution is 2.23. The smallest absolute Gasteiger partial charge is 0.123 e. The number of ether oxygens (including phenoxy) is 1. The van der Waals surface area contributed by atoms with E-state index in [9.17, 15) is 5.11 Å². The molecule has 0 aliphatic heterocycles. The largest absolute Gasteiger partial charge is 0.507 e. The zero-order chi connectivity index (χ0) is 14.4. The number of phenolic OH excluding ortho intramolecular Hbond substituents is 1. The van der Waals surface area contributed by atoms with Gasteiger partial charge in [-0.05, 0) is 26.1 Å². The van der Waals surface area contributed by atoms with Gasteiger partial charge < -0.3 is 20.1 Å². The maximum atomic E-state index is 9.93. The van der Waals surface area contributed by atoms with Crippen LogP contribution >= 0.6 is 0 Å². The van der Waals surface area contributed by atoms with Crippen LogP contribution in [-0.4, -0.2) is 43.8 Å². The lowest BCUT2D eigenvalue weighted by molar-refractivity contribution is 0.287. The molecule has 4 heteroatoms. The van der Waals surface area contributed by atoms with Gasteiger partial charge in [-0.3, -0.25) is 0 Å². The molecule has 0 bridgehead atoms. The highest BCUT2D eigenvalue weighted by atomic mass is 16.5. The van der Waals surface area contributed by atoms with Crippen LogP contribution in [0.4, 0.5) is 0 Å². The highest BCUT2D eigenvalue weighted by Gasteiger charge is 2.14. The van der Waals surface area contributed by atoms with Crippen LogP contribution in [0, 0.1) is 5.92 Å². The fraction of sp³-hybridized carbons (Fsp3) is 0.600. The summed E-state index contributed by atoms with van der Waals surface area (Å²) in [6.07, 6.45) is 0. The number of rotatable bonds is 7. The number of aromatic hydroxyl groups is 1. The van der Waals surface area contributed by atoms with Gasteiger partial charge >= 0.3 is 0 Å². The number of benzene rings is 1. The van der Waals surface area contributed by atoms with E-state index >= 15 is 0 Å². The van der Waals surface area contributed by atoms with E-state index in [4.69, 9.17) is 4.74 Å². The van der Waals surface area contributed by atoms with E-state index in [1.54, 1.807) is 13.2 Å². The minimum Gasteiger partial charge on any atom is -0.507 e. The van der Waals surface area contributed by atoms with Crippen molar-refractivity contribution in [1.82, 2.24) is 10.2 Å². The van der Waals surface area contributed by atoms with Crippen LogP contribution in [0.1, 0.15) is 19.4 Å². The van der Waals surface area contributed by atoms with Gasteiger partial charge in [0.2, 0.25) is 0 Å². The maximum Gasteiger partial charge on any atom is 0.123 e. The number of nitrogens with zero attached hydrogens (tertiary/aromatic N) is 1. The molecule has 0 aromatic heterocycles. The van der Waals surface area contributed by atoms with Gasteiger partial charge in [0, 0.05) is 30.8 Å². The summed E-state index contributed by atoms with van der Waals surface area (Å²) in [7, 11) is 5.74. The molecule has 1 aromatic rings. The Kier molecular flexibility index (Phi) is 6.12. The Bertz CT molecular complexity index is 392. The first-order chi connectivity index (χ1) is 8.93. The lowest BCUT2D eigenvalue weighted by atomic mass is 10.0. The fourth-order valence-corrected chi connectivity index (χ4v) is 1.97. The zero-order valence-electron chi connectivity index (χ0n) is 12.6. The molecule has 1 aromatic carbocycles. The Morgan fingerprint density at radius 1 is 1.32 bits per heavy atom. The Morgan fingerprint density at radius 3 is 2.47 bits per heavy atom. The van der Waals surface area contributed by atoms with Crippen LogP contribution in [0.5, 0.6) is 11.5 Å². The van der Waals surface area contributed by atoms with Gasteiger partial charge in [-0.1, -0.05) is 19.9 Å². The van der Waals surface area contributed by atoms with E-state index in [1.807, 2.05) is 12.1 Å². The van der Waals surface area contributed by atoms with Crippen molar-refractivity contribution >= 4 is 0 Å². The standard InChI is InChI=1S/C15H26N2O2/c1-11(2)14(10-17(3)4)16-9-12-6-7-13(19-5)8-15(12)18/h6-8,11,14,16,18H,9-10H2,1-5H3. The average molecular weight is 266 g/mol. The van der Waals surface area contributed by atoms with Crippen LogP contribution in [0.2, 0.25) is 0 Å². The maximum absolute atomic E-state index is 9.93. The van der Waals surface area contributed by atoms with Gasteiger partial charge in [-0.25, -0.2) is 0 Å². The van der Waals surface area contributed by atoms with E-state index in [0.717, 1.165) is 12.1 Å². The monoisotopic (exact) mass is 266 g/mol. The Labute approximate surface area is 116 Å². The molecule has 0 saturated carbocycles. The van der Waals surface area contributed by atoms with Gasteiger partial charge in [-0.15, -0.1) is 0 Å². The molecule has 1 rings (SSSR count). The molecule has 0 saturated heterocycles. The van der Waals surface area contributed by atoms with Gasteiger partial charge in [0.25, 0.3) is 0 Å². The summed E-state index contributed by atoms with van der Waals surface area (Å²) in [6, 6.07) is 5.81. The lowest BCUT2D eigenvalue weighted by Gasteiger charge is -2.26. The number of methoxy groups -OCH3 is 1. The molecule has 2 N–H and O–H groups in total. The second-order valence-corrected chi connectivity index (χ2v) is 5.49. The molecule has 0 amide bonds. The molecule has 19 heavy (non-hydrogen) atoms. The molecule has 0 aliphatic carbocycles. The fourth-order valence-electron chi connectivity index (χ4n) is 1.97. The number of hydrogen-bond donors (Lipinski definition) is 2. The normalized spacial score (nSPS) is 13.0. The van der Waals surface area contributed by atoms with Crippen molar-refractivity contribution in [3.8, 4) is 11.5 Å². The van der Waals surface area contributed by atoms with Crippen molar-refractivity contribution < 1.29 is 9.84 Å². The van der Waals surface area contributed by atoms with Crippen LogP contribution in [-0.2, 0) is 6.54 Å². The summed E-state index contributed by atoms with van der Waals surface area (Å²) in [4.78, 5) is 2.17. The molecule has 0 fully saturated rings. The second-order valence-electron chi connectivity index (χ2n) is 5.49. The van der Waals surface area contributed by atoms with E-state index in [0.29, 0.717) is 24.3 Å². The van der Waals surface area contributed by atoms with Crippen molar-refractivity contribution in [2.75, 3.05) is 27.7 Å². The average Bonchev–Trinajstić information content (AvgIpc) is 2.34. The van der Waals surface area contributed by atoms with E-state index in [2.05, 4.69) is 38.2 Å². The van der Waals surface area contributed by atoms with Crippen molar-refractivity contribution in [3.63, 3.8) is 0 Å². The number of nitrogens with one attached hydrogen (secondary N) is 1. The third-order valence-corrected chi connectivity index (χ3v) is 3.21. The van der Waals surface area contributed by atoms with Crippen LogP contribution in [0.3, 0.4) is 0 Å². The molecular formula is C15H26N2O2. The first kappa shape index (κ1) is 15.8. The summed E-state index contributed by atoms with van der Waals surface area (Å²) in [5, 5.41) is 13.4. The van der Waals surface area contributed by atoms with Crippen molar-refractivity contribution in [3.05, 3.63) is 23.8 Å². The van der Waals surface area contributed by atoms with Gasteiger partial charge in [0.05, 0.1) is 7.11 Å². The summed E-state index contributed by atoms with van der Waals surface area (Å²) in [5.41, 5.74) is 0.894. The van der Waals surface area contributed by atoms with E-state index < -0.39 is 0 Å². The molecular weight excluding hydrogens is 240 g/mol. The van der Waals surface area contributed by atoms with Gasteiger partial charge in [0.1, 0.15) is 11.5 Å². The number of hydrogen-bond acceptors (Lipinski definition) is 4. The molecule has 0 radical (unpaired) electrons. The van der Waals surface area contributed by atoms with E-state index in [-0.39, 0.29) is 5.75 Å². The molecule has 0 spiro atoms. The zero-order valence-corrected chi connectivity index (χ0v) is 12.6. The quantitative estimate of drug-likeness (QED) is 0.793. The molecule has 1 unspecified atom stereocenters. The Hall–Kier alpha value is -1.26. The summed E-state index contributed by atoms with van der Waals surface area (Å²) in [6.45, 7) is 6.05. The minimum absolute atomic E-state index is 0.277. The summed E-state index contributed by atoms with van der Waals surface area (Å²) < 4.78 is 5.08. The molecule has 108 valence electrons. The van der Waals surface area contributed by atoms with Crippen LogP contribution in [0.15, 0.2) is 18.2 Å².